The number of ether oxygens (including phenoxy) is 2. The maximum absolute atomic E-state index is 9.61. The quantitative estimate of drug-likeness (QED) is 0.616. The van der Waals surface area contributed by atoms with Crippen LogP contribution in [0.15, 0.2) is 24.3 Å². The van der Waals surface area contributed by atoms with E-state index >= 15 is 0 Å². The molecule has 0 radical (unpaired) electrons. The molecule has 0 saturated carbocycles. The summed E-state index contributed by atoms with van der Waals surface area (Å²) in [6.45, 7) is 8.40. The van der Waals surface area contributed by atoms with Crippen LogP contribution in [0.4, 0.5) is 0 Å². The highest BCUT2D eigenvalue weighted by atomic mass is 16.5. The maximum Gasteiger partial charge on any atom is 0.161 e. The van der Waals surface area contributed by atoms with Crippen LogP contribution in [0.2, 0.25) is 0 Å². The number of benzene rings is 1. The summed E-state index contributed by atoms with van der Waals surface area (Å²) in [7, 11) is 0. The van der Waals surface area contributed by atoms with Crippen molar-refractivity contribution in [2.75, 3.05) is 26.4 Å². The Balaban J connectivity index is 2.46. The molecule has 21 heavy (non-hydrogen) atoms. The predicted octanol–water partition coefficient (Wildman–Crippen LogP) is 2.99. The molecular weight excluding hydrogens is 266 g/mol. The van der Waals surface area contributed by atoms with E-state index < -0.39 is 0 Å². The van der Waals surface area contributed by atoms with E-state index in [1.807, 2.05) is 31.2 Å². The van der Waals surface area contributed by atoms with E-state index in [9.17, 15) is 5.11 Å². The van der Waals surface area contributed by atoms with Crippen LogP contribution < -0.4 is 14.8 Å². The normalized spacial score (nSPS) is 13.7. The fraction of sp³-hybridized carbons (Fsp3) is 0.647. The van der Waals surface area contributed by atoms with E-state index in [2.05, 4.69) is 19.2 Å². The second-order valence-corrected chi connectivity index (χ2v) is 5.15. The van der Waals surface area contributed by atoms with Gasteiger partial charge in [-0.25, -0.2) is 0 Å². The number of aliphatic hydroxyl groups is 1. The summed E-state index contributed by atoms with van der Waals surface area (Å²) >= 11 is 0. The molecule has 0 aromatic heterocycles. The van der Waals surface area contributed by atoms with Crippen molar-refractivity contribution in [3.63, 3.8) is 0 Å². The van der Waals surface area contributed by atoms with Crippen molar-refractivity contribution >= 4 is 0 Å². The van der Waals surface area contributed by atoms with Crippen molar-refractivity contribution in [2.24, 2.45) is 0 Å². The Labute approximate surface area is 128 Å². The van der Waals surface area contributed by atoms with Crippen LogP contribution in [0.3, 0.4) is 0 Å². The second kappa shape index (κ2) is 9.64. The summed E-state index contributed by atoms with van der Waals surface area (Å²) in [4.78, 5) is 0. The molecule has 2 N–H and O–H groups in total. The minimum Gasteiger partial charge on any atom is -0.490 e. The molecule has 0 saturated heterocycles. The van der Waals surface area contributed by atoms with Crippen LogP contribution in [0.25, 0.3) is 0 Å². The van der Waals surface area contributed by atoms with Gasteiger partial charge < -0.3 is 19.9 Å². The Morgan fingerprint density at radius 2 is 1.76 bits per heavy atom. The zero-order valence-corrected chi connectivity index (χ0v) is 13.5. The standard InChI is InChI=1S/C17H29NO3/c1-4-17(14-19,18-5-2)12-9-13-21-16-11-8-7-10-15(16)20-6-3/h7-8,10-11,18-19H,4-6,9,12-14H2,1-3H3. The number of hydrogen-bond donors (Lipinski definition) is 2. The van der Waals surface area contributed by atoms with Crippen LogP contribution in [0.1, 0.15) is 40.0 Å². The van der Waals surface area contributed by atoms with Crippen molar-refractivity contribution < 1.29 is 14.6 Å². The molecule has 1 aromatic rings. The molecule has 0 amide bonds. The molecule has 0 aliphatic rings. The number of hydrogen-bond acceptors (Lipinski definition) is 4. The summed E-state index contributed by atoms with van der Waals surface area (Å²) in [5, 5.41) is 13.0. The smallest absolute Gasteiger partial charge is 0.161 e. The van der Waals surface area contributed by atoms with Crippen LogP contribution in [-0.4, -0.2) is 37.0 Å². The van der Waals surface area contributed by atoms with Gasteiger partial charge in [0.15, 0.2) is 11.5 Å². The lowest BCUT2D eigenvalue weighted by atomic mass is 9.91. The lowest BCUT2D eigenvalue weighted by molar-refractivity contribution is 0.139. The van der Waals surface area contributed by atoms with Gasteiger partial charge in [-0.2, -0.15) is 0 Å². The molecular formula is C17H29NO3. The fourth-order valence-corrected chi connectivity index (χ4v) is 2.45. The van der Waals surface area contributed by atoms with Crippen LogP contribution in [0, 0.1) is 0 Å². The molecule has 0 aliphatic heterocycles. The first-order chi connectivity index (χ1) is 10.2. The Kier molecular flexibility index (Phi) is 8.16. The summed E-state index contributed by atoms with van der Waals surface area (Å²) < 4.78 is 11.4. The van der Waals surface area contributed by atoms with Crippen molar-refractivity contribution in [1.82, 2.24) is 5.32 Å². The molecule has 4 heteroatoms. The largest absolute Gasteiger partial charge is 0.490 e. The van der Waals surface area contributed by atoms with Gasteiger partial charge in [0.1, 0.15) is 0 Å². The monoisotopic (exact) mass is 295 g/mol. The summed E-state index contributed by atoms with van der Waals surface area (Å²) in [6.07, 6.45) is 2.69. The van der Waals surface area contributed by atoms with E-state index in [1.54, 1.807) is 0 Å². The second-order valence-electron chi connectivity index (χ2n) is 5.15. The first-order valence-electron chi connectivity index (χ1n) is 7.91. The summed E-state index contributed by atoms with van der Waals surface area (Å²) in [5.41, 5.74) is -0.183. The topological polar surface area (TPSA) is 50.7 Å². The highest BCUT2D eigenvalue weighted by Crippen LogP contribution is 2.27. The van der Waals surface area contributed by atoms with Gasteiger partial charge in [0.2, 0.25) is 0 Å². The van der Waals surface area contributed by atoms with Crippen molar-refractivity contribution in [2.45, 2.75) is 45.6 Å². The van der Waals surface area contributed by atoms with E-state index in [4.69, 9.17) is 9.47 Å². The number of aliphatic hydroxyl groups excluding tert-OH is 1. The van der Waals surface area contributed by atoms with Gasteiger partial charge >= 0.3 is 0 Å². The fourth-order valence-electron chi connectivity index (χ4n) is 2.45. The Bertz CT molecular complexity index is 391. The molecule has 0 heterocycles. The van der Waals surface area contributed by atoms with Gasteiger partial charge in [0, 0.05) is 5.54 Å². The van der Waals surface area contributed by atoms with E-state index in [0.29, 0.717) is 13.2 Å². The van der Waals surface area contributed by atoms with Crippen LogP contribution >= 0.6 is 0 Å². The van der Waals surface area contributed by atoms with Gasteiger partial charge in [-0.1, -0.05) is 26.0 Å². The predicted molar refractivity (Wildman–Crippen MR) is 86.1 cm³/mol. The summed E-state index contributed by atoms with van der Waals surface area (Å²) in [5.74, 6) is 1.57. The minimum absolute atomic E-state index is 0.160. The zero-order chi connectivity index (χ0) is 15.6. The van der Waals surface area contributed by atoms with Crippen LogP contribution in [0.5, 0.6) is 11.5 Å². The molecule has 120 valence electrons. The zero-order valence-electron chi connectivity index (χ0n) is 13.5. The van der Waals surface area contributed by atoms with Gasteiger partial charge in [0.05, 0.1) is 19.8 Å². The Hall–Kier alpha value is -1.26. The third kappa shape index (κ3) is 5.56. The van der Waals surface area contributed by atoms with E-state index in [-0.39, 0.29) is 12.1 Å². The molecule has 0 fully saturated rings. The van der Waals surface area contributed by atoms with Gasteiger partial charge in [0.25, 0.3) is 0 Å². The SMILES string of the molecule is CCNC(CC)(CO)CCCOc1ccccc1OCC. The average molecular weight is 295 g/mol. The lowest BCUT2D eigenvalue weighted by Gasteiger charge is -2.31. The maximum atomic E-state index is 9.61. The van der Waals surface area contributed by atoms with Gasteiger partial charge in [-0.15, -0.1) is 0 Å². The van der Waals surface area contributed by atoms with Gasteiger partial charge in [-0.3, -0.25) is 0 Å². The lowest BCUT2D eigenvalue weighted by Crippen LogP contribution is -2.48. The first kappa shape index (κ1) is 17.8. The molecule has 1 aromatic carbocycles. The first-order valence-corrected chi connectivity index (χ1v) is 7.91. The third-order valence-corrected chi connectivity index (χ3v) is 3.74. The minimum atomic E-state index is -0.183. The van der Waals surface area contributed by atoms with Gasteiger partial charge in [-0.05, 0) is 44.9 Å². The van der Waals surface area contributed by atoms with Crippen LogP contribution in [-0.2, 0) is 0 Å². The highest BCUT2D eigenvalue weighted by molar-refractivity contribution is 5.39. The number of likely N-dealkylation sites (N-methyl/N-ethyl adjacent to an activating group) is 1. The molecule has 4 nitrogen and oxygen atoms in total. The molecule has 1 unspecified atom stereocenters. The number of rotatable bonds is 11. The molecule has 0 spiro atoms. The number of para-hydroxylation sites is 2. The molecule has 1 atom stereocenters. The molecule has 0 aliphatic carbocycles. The average Bonchev–Trinajstić information content (AvgIpc) is 2.52. The molecule has 0 bridgehead atoms. The summed E-state index contributed by atoms with van der Waals surface area (Å²) in [6, 6.07) is 7.73. The van der Waals surface area contributed by atoms with E-state index in [0.717, 1.165) is 37.3 Å². The van der Waals surface area contributed by atoms with Crippen molar-refractivity contribution in [3.8, 4) is 11.5 Å². The van der Waals surface area contributed by atoms with Crippen molar-refractivity contribution in [3.05, 3.63) is 24.3 Å². The number of nitrogens with one attached hydrogen (secondary N) is 1. The molecule has 1 rings (SSSR count). The highest BCUT2D eigenvalue weighted by Gasteiger charge is 2.25. The Morgan fingerprint density at radius 1 is 1.10 bits per heavy atom. The third-order valence-electron chi connectivity index (χ3n) is 3.74. The Morgan fingerprint density at radius 3 is 2.29 bits per heavy atom. The van der Waals surface area contributed by atoms with E-state index in [1.165, 1.54) is 0 Å². The van der Waals surface area contributed by atoms with Crippen molar-refractivity contribution in [1.29, 1.82) is 0 Å².